The normalized spacial score (nSPS) is 18.4. The van der Waals surface area contributed by atoms with Crippen LogP contribution in [-0.2, 0) is 4.74 Å². The van der Waals surface area contributed by atoms with Crippen molar-refractivity contribution in [3.05, 3.63) is 12.2 Å². The summed E-state index contributed by atoms with van der Waals surface area (Å²) in [6, 6.07) is 0. The van der Waals surface area contributed by atoms with Crippen LogP contribution in [0.25, 0.3) is 0 Å². The second-order valence-corrected chi connectivity index (χ2v) is 7.44. The van der Waals surface area contributed by atoms with E-state index >= 15 is 0 Å². The summed E-state index contributed by atoms with van der Waals surface area (Å²) >= 11 is 0. The second kappa shape index (κ2) is 10.4. The molecule has 0 aliphatic carbocycles. The minimum Gasteiger partial charge on any atom is -0.389 e. The van der Waals surface area contributed by atoms with Gasteiger partial charge in [-0.05, 0) is 36.5 Å². The molecule has 0 aromatic carbocycles. The Labute approximate surface area is 139 Å². The van der Waals surface area contributed by atoms with Gasteiger partial charge in [-0.25, -0.2) is 0 Å². The molecule has 0 spiro atoms. The van der Waals surface area contributed by atoms with Crippen molar-refractivity contribution in [2.24, 2.45) is 16.7 Å². The fraction of sp³-hybridized carbons (Fsp3) is 0.900. The Morgan fingerprint density at radius 2 is 1.68 bits per heavy atom. The molecule has 132 valence electrons. The van der Waals surface area contributed by atoms with Crippen molar-refractivity contribution in [2.75, 3.05) is 13.7 Å². The number of rotatable bonds is 12. The highest BCUT2D eigenvalue weighted by Gasteiger charge is 2.33. The van der Waals surface area contributed by atoms with E-state index in [1.807, 2.05) is 13.0 Å². The van der Waals surface area contributed by atoms with Crippen molar-refractivity contribution in [3.63, 3.8) is 0 Å². The first-order chi connectivity index (χ1) is 10.3. The Morgan fingerprint density at radius 1 is 1.09 bits per heavy atom. The quantitative estimate of drug-likeness (QED) is 0.475. The van der Waals surface area contributed by atoms with Gasteiger partial charge in [-0.15, -0.1) is 0 Å². The molecule has 0 saturated carbocycles. The van der Waals surface area contributed by atoms with E-state index in [1.54, 1.807) is 7.11 Å². The molecule has 0 aliphatic heterocycles. The van der Waals surface area contributed by atoms with Crippen molar-refractivity contribution in [1.82, 2.24) is 0 Å². The fourth-order valence-corrected chi connectivity index (χ4v) is 3.49. The molecular weight excluding hydrogens is 272 g/mol. The van der Waals surface area contributed by atoms with Crippen molar-refractivity contribution in [3.8, 4) is 0 Å². The SMILES string of the molecule is CCCC(C)(CC)CC(C=CC(O)C(C)COC)(CC)CC. The molecular formula is C20H40O2. The summed E-state index contributed by atoms with van der Waals surface area (Å²) in [5, 5.41) is 10.3. The number of ether oxygens (including phenoxy) is 1. The minimum atomic E-state index is -0.420. The van der Waals surface area contributed by atoms with Crippen LogP contribution in [0.1, 0.15) is 80.1 Å². The summed E-state index contributed by atoms with van der Waals surface area (Å²) in [4.78, 5) is 0. The van der Waals surface area contributed by atoms with Crippen LogP contribution < -0.4 is 0 Å². The van der Waals surface area contributed by atoms with Gasteiger partial charge < -0.3 is 9.84 Å². The molecule has 0 heterocycles. The van der Waals surface area contributed by atoms with Gasteiger partial charge in [-0.1, -0.05) is 66.5 Å². The zero-order valence-corrected chi connectivity index (χ0v) is 16.1. The third-order valence-corrected chi connectivity index (χ3v) is 5.55. The van der Waals surface area contributed by atoms with Gasteiger partial charge in [-0.2, -0.15) is 0 Å². The minimum absolute atomic E-state index is 0.140. The van der Waals surface area contributed by atoms with Crippen LogP contribution in [-0.4, -0.2) is 24.9 Å². The van der Waals surface area contributed by atoms with Crippen LogP contribution >= 0.6 is 0 Å². The standard InChI is InChI=1S/C20H40O2/c1-8-13-19(6,9-2)16-20(10-3,11-4)14-12-18(21)17(5)15-22-7/h12,14,17-18,21H,8-11,13,15-16H2,1-7H3. The van der Waals surface area contributed by atoms with Gasteiger partial charge in [0.1, 0.15) is 0 Å². The molecule has 0 bridgehead atoms. The van der Waals surface area contributed by atoms with Gasteiger partial charge in [0, 0.05) is 13.0 Å². The smallest absolute Gasteiger partial charge is 0.0768 e. The maximum absolute atomic E-state index is 10.3. The van der Waals surface area contributed by atoms with Crippen molar-refractivity contribution < 1.29 is 9.84 Å². The van der Waals surface area contributed by atoms with Crippen molar-refractivity contribution in [1.29, 1.82) is 0 Å². The number of aliphatic hydroxyl groups is 1. The summed E-state index contributed by atoms with van der Waals surface area (Å²) in [5.41, 5.74) is 0.599. The lowest BCUT2D eigenvalue weighted by atomic mass is 9.66. The van der Waals surface area contributed by atoms with Gasteiger partial charge in [0.15, 0.2) is 0 Å². The highest BCUT2D eigenvalue weighted by atomic mass is 16.5. The molecule has 0 aromatic rings. The monoisotopic (exact) mass is 312 g/mol. The Balaban J connectivity index is 5.09. The molecule has 3 atom stereocenters. The molecule has 0 aliphatic rings. The van der Waals surface area contributed by atoms with Crippen LogP contribution in [0, 0.1) is 16.7 Å². The highest BCUT2D eigenvalue weighted by molar-refractivity contribution is 5.04. The first-order valence-electron chi connectivity index (χ1n) is 9.18. The Kier molecular flexibility index (Phi) is 10.3. The molecule has 0 fully saturated rings. The third kappa shape index (κ3) is 6.83. The zero-order valence-electron chi connectivity index (χ0n) is 16.1. The topological polar surface area (TPSA) is 29.5 Å². The molecule has 0 saturated heterocycles. The molecule has 2 nitrogen and oxygen atoms in total. The van der Waals surface area contributed by atoms with Crippen LogP contribution in [0.5, 0.6) is 0 Å². The van der Waals surface area contributed by atoms with Crippen LogP contribution in [0.4, 0.5) is 0 Å². The summed E-state index contributed by atoms with van der Waals surface area (Å²) in [6.07, 6.45) is 11.1. The van der Waals surface area contributed by atoms with Gasteiger partial charge in [0.2, 0.25) is 0 Å². The highest BCUT2D eigenvalue weighted by Crippen LogP contribution is 2.45. The van der Waals surface area contributed by atoms with Crippen molar-refractivity contribution in [2.45, 2.75) is 86.2 Å². The van der Waals surface area contributed by atoms with Crippen molar-refractivity contribution >= 4 is 0 Å². The molecule has 3 unspecified atom stereocenters. The summed E-state index contributed by atoms with van der Waals surface area (Å²) in [5.74, 6) is 0.140. The predicted octanol–water partition coefficient (Wildman–Crippen LogP) is 5.60. The maximum atomic E-state index is 10.3. The van der Waals surface area contributed by atoms with E-state index in [4.69, 9.17) is 4.74 Å². The molecule has 0 rings (SSSR count). The molecule has 1 N–H and O–H groups in total. The Bertz CT molecular complexity index is 307. The lowest BCUT2D eigenvalue weighted by molar-refractivity contribution is 0.0822. The number of hydrogen-bond acceptors (Lipinski definition) is 2. The van der Waals surface area contributed by atoms with Gasteiger partial charge >= 0.3 is 0 Å². The first kappa shape index (κ1) is 21.7. The van der Waals surface area contributed by atoms with Gasteiger partial charge in [0.25, 0.3) is 0 Å². The van der Waals surface area contributed by atoms with E-state index in [-0.39, 0.29) is 11.3 Å². The number of aliphatic hydroxyl groups excluding tert-OH is 1. The van der Waals surface area contributed by atoms with Gasteiger partial charge in [-0.3, -0.25) is 0 Å². The summed E-state index contributed by atoms with van der Waals surface area (Å²) in [7, 11) is 1.69. The van der Waals surface area contributed by atoms with Crippen LogP contribution in [0.3, 0.4) is 0 Å². The number of allylic oxidation sites excluding steroid dienone is 1. The fourth-order valence-electron chi connectivity index (χ4n) is 3.49. The summed E-state index contributed by atoms with van der Waals surface area (Å²) < 4.78 is 5.15. The van der Waals surface area contributed by atoms with E-state index < -0.39 is 6.10 Å². The lowest BCUT2D eigenvalue weighted by Crippen LogP contribution is -2.28. The molecule has 2 heteroatoms. The molecule has 0 radical (unpaired) electrons. The molecule has 0 aromatic heterocycles. The first-order valence-corrected chi connectivity index (χ1v) is 9.18. The number of methoxy groups -OCH3 is 1. The third-order valence-electron chi connectivity index (χ3n) is 5.55. The van der Waals surface area contributed by atoms with Crippen LogP contribution in [0.2, 0.25) is 0 Å². The van der Waals surface area contributed by atoms with E-state index in [2.05, 4.69) is 40.7 Å². The zero-order chi connectivity index (χ0) is 17.2. The summed E-state index contributed by atoms with van der Waals surface area (Å²) in [6.45, 7) is 14.2. The Morgan fingerprint density at radius 3 is 2.09 bits per heavy atom. The average Bonchev–Trinajstić information content (AvgIpc) is 2.51. The van der Waals surface area contributed by atoms with E-state index in [9.17, 15) is 5.11 Å². The average molecular weight is 313 g/mol. The van der Waals surface area contributed by atoms with E-state index in [0.29, 0.717) is 12.0 Å². The second-order valence-electron chi connectivity index (χ2n) is 7.44. The predicted molar refractivity (Wildman–Crippen MR) is 97.1 cm³/mol. The molecule has 22 heavy (non-hydrogen) atoms. The lowest BCUT2D eigenvalue weighted by Gasteiger charge is -2.39. The van der Waals surface area contributed by atoms with E-state index in [0.717, 1.165) is 12.8 Å². The maximum Gasteiger partial charge on any atom is 0.0768 e. The number of hydrogen-bond donors (Lipinski definition) is 1. The van der Waals surface area contributed by atoms with Crippen LogP contribution in [0.15, 0.2) is 12.2 Å². The van der Waals surface area contributed by atoms with Gasteiger partial charge in [0.05, 0.1) is 12.7 Å². The molecule has 0 amide bonds. The Hall–Kier alpha value is -0.340. The largest absolute Gasteiger partial charge is 0.389 e. The van der Waals surface area contributed by atoms with E-state index in [1.165, 1.54) is 25.7 Å².